The monoisotopic (exact) mass is 369 g/mol. The predicted octanol–water partition coefficient (Wildman–Crippen LogP) is 3.23. The maximum absolute atomic E-state index is 12.2. The summed E-state index contributed by atoms with van der Waals surface area (Å²) in [5.74, 6) is 1.95. The van der Waals surface area contributed by atoms with Gasteiger partial charge in [0.1, 0.15) is 5.82 Å². The van der Waals surface area contributed by atoms with Crippen molar-refractivity contribution in [2.45, 2.75) is 39.7 Å². The third-order valence-electron chi connectivity index (χ3n) is 4.19. The van der Waals surface area contributed by atoms with Crippen molar-refractivity contribution in [2.75, 3.05) is 0 Å². The molecule has 0 radical (unpaired) electrons. The van der Waals surface area contributed by atoms with Crippen LogP contribution in [-0.4, -0.2) is 25.7 Å². The summed E-state index contributed by atoms with van der Waals surface area (Å²) < 4.78 is 1.94. The van der Waals surface area contributed by atoms with Crippen LogP contribution in [0.5, 0.6) is 0 Å². The fourth-order valence-corrected chi connectivity index (χ4v) is 3.37. The van der Waals surface area contributed by atoms with Gasteiger partial charge in [-0.3, -0.25) is 4.79 Å². The highest BCUT2D eigenvalue weighted by Gasteiger charge is 2.12. The molecule has 6 nitrogen and oxygen atoms in total. The highest BCUT2D eigenvalue weighted by molar-refractivity contribution is 7.09. The second kappa shape index (κ2) is 7.78. The van der Waals surface area contributed by atoms with E-state index in [1.807, 2.05) is 48.2 Å². The summed E-state index contributed by atoms with van der Waals surface area (Å²) in [7, 11) is 1.93. The van der Waals surface area contributed by atoms with Gasteiger partial charge in [0.05, 0.1) is 23.7 Å². The summed E-state index contributed by atoms with van der Waals surface area (Å²) in [5.41, 5.74) is 3.02. The highest BCUT2D eigenvalue weighted by Crippen LogP contribution is 2.22. The zero-order valence-corrected chi connectivity index (χ0v) is 16.3. The average Bonchev–Trinajstić information content (AvgIpc) is 3.20. The van der Waals surface area contributed by atoms with Crippen LogP contribution >= 0.6 is 11.3 Å². The van der Waals surface area contributed by atoms with Crippen LogP contribution < -0.4 is 5.32 Å². The maximum Gasteiger partial charge on any atom is 0.224 e. The number of hydrogen-bond acceptors (Lipinski definition) is 5. The van der Waals surface area contributed by atoms with E-state index in [1.54, 1.807) is 11.3 Å². The normalized spacial score (nSPS) is 11.1. The largest absolute Gasteiger partial charge is 0.349 e. The van der Waals surface area contributed by atoms with Gasteiger partial charge in [0.25, 0.3) is 0 Å². The third-order valence-corrected chi connectivity index (χ3v) is 4.97. The fourth-order valence-electron chi connectivity index (χ4n) is 2.75. The molecular weight excluding hydrogens is 346 g/mol. The van der Waals surface area contributed by atoms with Gasteiger partial charge in [-0.15, -0.1) is 21.5 Å². The van der Waals surface area contributed by atoms with Crippen molar-refractivity contribution >= 4 is 17.2 Å². The molecular formula is C19H23N5OS. The van der Waals surface area contributed by atoms with Gasteiger partial charge < -0.3 is 9.88 Å². The van der Waals surface area contributed by atoms with Crippen LogP contribution in [0.25, 0.3) is 11.3 Å². The number of thiazole rings is 1. The number of benzene rings is 1. The first-order valence-electron chi connectivity index (χ1n) is 8.60. The molecule has 0 spiro atoms. The molecule has 7 heteroatoms. The zero-order chi connectivity index (χ0) is 18.7. The van der Waals surface area contributed by atoms with E-state index < -0.39 is 0 Å². The first-order valence-corrected chi connectivity index (χ1v) is 9.48. The van der Waals surface area contributed by atoms with E-state index in [1.165, 1.54) is 0 Å². The van der Waals surface area contributed by atoms with Crippen molar-refractivity contribution in [3.63, 3.8) is 0 Å². The molecule has 1 amide bonds. The van der Waals surface area contributed by atoms with Gasteiger partial charge in [-0.05, 0) is 12.5 Å². The fraction of sp³-hybridized carbons (Fsp3) is 0.368. The molecule has 0 fully saturated rings. The van der Waals surface area contributed by atoms with E-state index in [4.69, 9.17) is 0 Å². The molecule has 0 atom stereocenters. The van der Waals surface area contributed by atoms with Crippen molar-refractivity contribution in [3.8, 4) is 11.3 Å². The van der Waals surface area contributed by atoms with Crippen molar-refractivity contribution < 1.29 is 4.79 Å². The quantitative estimate of drug-likeness (QED) is 0.724. The molecule has 26 heavy (non-hydrogen) atoms. The number of nitrogens with one attached hydrogen (secondary N) is 1. The second-order valence-electron chi connectivity index (χ2n) is 6.59. The number of carbonyl (C=O) groups is 1. The van der Waals surface area contributed by atoms with Crippen LogP contribution in [0.3, 0.4) is 0 Å². The van der Waals surface area contributed by atoms with Crippen molar-refractivity contribution in [1.29, 1.82) is 0 Å². The Labute approximate surface area is 157 Å². The molecule has 0 aliphatic carbocycles. The lowest BCUT2D eigenvalue weighted by Crippen LogP contribution is -2.26. The predicted molar refractivity (Wildman–Crippen MR) is 103 cm³/mol. The Bertz CT molecular complexity index is 895. The van der Waals surface area contributed by atoms with Crippen molar-refractivity contribution in [2.24, 2.45) is 7.05 Å². The van der Waals surface area contributed by atoms with E-state index in [9.17, 15) is 4.79 Å². The highest BCUT2D eigenvalue weighted by atomic mass is 32.1. The van der Waals surface area contributed by atoms with Crippen LogP contribution in [0.1, 0.15) is 42.0 Å². The molecule has 0 aliphatic rings. The summed E-state index contributed by atoms with van der Waals surface area (Å²) in [6.07, 6.45) is 0.339. The maximum atomic E-state index is 12.2. The van der Waals surface area contributed by atoms with Gasteiger partial charge in [-0.2, -0.15) is 0 Å². The van der Waals surface area contributed by atoms with Crippen LogP contribution in [0.2, 0.25) is 0 Å². The molecule has 1 aromatic carbocycles. The lowest BCUT2D eigenvalue weighted by atomic mass is 10.1. The lowest BCUT2D eigenvalue weighted by molar-refractivity contribution is -0.120. The molecule has 3 aromatic rings. The molecule has 1 N–H and O–H groups in total. The number of rotatable bonds is 6. The van der Waals surface area contributed by atoms with Gasteiger partial charge in [-0.1, -0.05) is 38.1 Å². The standard InChI is InChI=1S/C19H23N5OS/c1-12(2)19-23-22-17(24(19)4)10-20-18(25)9-14-5-7-15(8-6-14)16-11-26-13(3)21-16/h5-8,11-12H,9-10H2,1-4H3,(H,20,25). The van der Waals surface area contributed by atoms with Gasteiger partial charge in [0.15, 0.2) is 5.82 Å². The number of carbonyl (C=O) groups excluding carboxylic acids is 1. The van der Waals surface area contributed by atoms with Crippen LogP contribution in [0.15, 0.2) is 29.6 Å². The molecule has 0 bridgehead atoms. The van der Waals surface area contributed by atoms with Crippen LogP contribution in [0, 0.1) is 6.92 Å². The molecule has 0 aliphatic heterocycles. The molecule has 0 unspecified atom stereocenters. The second-order valence-corrected chi connectivity index (χ2v) is 7.65. The van der Waals surface area contributed by atoms with Crippen LogP contribution in [0.4, 0.5) is 0 Å². The van der Waals surface area contributed by atoms with Gasteiger partial charge in [-0.25, -0.2) is 4.98 Å². The summed E-state index contributed by atoms with van der Waals surface area (Å²) in [6, 6.07) is 7.97. The van der Waals surface area contributed by atoms with E-state index in [0.717, 1.165) is 33.5 Å². The number of aryl methyl sites for hydroxylation is 1. The summed E-state index contributed by atoms with van der Waals surface area (Å²) in [5, 5.41) is 14.3. The zero-order valence-electron chi connectivity index (χ0n) is 15.5. The van der Waals surface area contributed by atoms with Crippen molar-refractivity contribution in [3.05, 3.63) is 51.9 Å². The Kier molecular flexibility index (Phi) is 5.46. The Morgan fingerprint density at radius 1 is 1.23 bits per heavy atom. The number of hydrogen-bond donors (Lipinski definition) is 1. The van der Waals surface area contributed by atoms with E-state index in [-0.39, 0.29) is 5.91 Å². The topological polar surface area (TPSA) is 72.7 Å². The molecule has 3 rings (SSSR count). The molecule has 2 aromatic heterocycles. The summed E-state index contributed by atoms with van der Waals surface area (Å²) in [6.45, 7) is 6.52. The number of amides is 1. The Morgan fingerprint density at radius 2 is 1.96 bits per heavy atom. The summed E-state index contributed by atoms with van der Waals surface area (Å²) in [4.78, 5) is 16.7. The van der Waals surface area contributed by atoms with Crippen LogP contribution in [-0.2, 0) is 24.8 Å². The molecule has 2 heterocycles. The van der Waals surface area contributed by atoms with E-state index in [0.29, 0.717) is 18.9 Å². The van der Waals surface area contributed by atoms with E-state index in [2.05, 4.69) is 34.3 Å². The molecule has 0 saturated heterocycles. The smallest absolute Gasteiger partial charge is 0.224 e. The Balaban J connectivity index is 1.56. The van der Waals surface area contributed by atoms with Gasteiger partial charge in [0.2, 0.25) is 5.91 Å². The van der Waals surface area contributed by atoms with Gasteiger partial charge >= 0.3 is 0 Å². The first-order chi connectivity index (χ1) is 12.4. The minimum absolute atomic E-state index is 0.0312. The lowest BCUT2D eigenvalue weighted by Gasteiger charge is -2.08. The summed E-state index contributed by atoms with van der Waals surface area (Å²) >= 11 is 1.63. The number of aromatic nitrogens is 4. The van der Waals surface area contributed by atoms with E-state index >= 15 is 0 Å². The van der Waals surface area contributed by atoms with Gasteiger partial charge in [0, 0.05) is 23.9 Å². The molecule has 136 valence electrons. The van der Waals surface area contributed by atoms with Crippen molar-refractivity contribution in [1.82, 2.24) is 25.1 Å². The average molecular weight is 369 g/mol. The Morgan fingerprint density at radius 3 is 2.54 bits per heavy atom. The minimum Gasteiger partial charge on any atom is -0.349 e. The Hall–Kier alpha value is -2.54. The SMILES string of the molecule is Cc1nc(-c2ccc(CC(=O)NCc3nnc(C(C)C)n3C)cc2)cs1. The first kappa shape index (κ1) is 18.3. The number of nitrogens with zero attached hydrogens (tertiary/aromatic N) is 4. The minimum atomic E-state index is -0.0312. The third kappa shape index (κ3) is 4.16. The molecule has 0 saturated carbocycles.